The molecule has 0 aliphatic heterocycles. The molecular weight excluding hydrogens is 236 g/mol. The highest BCUT2D eigenvalue weighted by atomic mass is 35.5. The molecule has 0 fully saturated rings. The van der Waals surface area contributed by atoms with Gasteiger partial charge in [0.05, 0.1) is 6.42 Å². The van der Waals surface area contributed by atoms with Crippen molar-refractivity contribution in [1.29, 1.82) is 0 Å². The number of nitrogens with zero attached hydrogens (tertiary/aromatic N) is 2. The molecule has 1 heterocycles. The van der Waals surface area contributed by atoms with Crippen LogP contribution in [0.1, 0.15) is 11.4 Å². The second kappa shape index (κ2) is 5.15. The highest BCUT2D eigenvalue weighted by Gasteiger charge is 2.08. The van der Waals surface area contributed by atoms with Crippen LogP contribution in [0, 0.1) is 0 Å². The first-order valence-corrected chi connectivity index (χ1v) is 5.75. The Labute approximate surface area is 105 Å². The lowest BCUT2D eigenvalue weighted by atomic mass is 10.1. The molecule has 0 saturated carbocycles. The Morgan fingerprint density at radius 2 is 2.00 bits per heavy atom. The van der Waals surface area contributed by atoms with Gasteiger partial charge in [-0.3, -0.25) is 4.79 Å². The van der Waals surface area contributed by atoms with Crippen LogP contribution < -0.4 is 0 Å². The van der Waals surface area contributed by atoms with Crippen molar-refractivity contribution in [3.8, 4) is 0 Å². The molecule has 88 valence electrons. The van der Waals surface area contributed by atoms with Crippen LogP contribution in [0.25, 0.3) is 0 Å². The van der Waals surface area contributed by atoms with Crippen LogP contribution in [-0.4, -0.2) is 15.3 Å². The summed E-state index contributed by atoms with van der Waals surface area (Å²) in [5, 5.41) is 0.685. The van der Waals surface area contributed by atoms with Crippen molar-refractivity contribution in [2.45, 2.75) is 12.8 Å². The maximum absolute atomic E-state index is 11.8. The second-order valence-corrected chi connectivity index (χ2v) is 4.41. The largest absolute Gasteiger partial charge is 0.338 e. The van der Waals surface area contributed by atoms with E-state index >= 15 is 0 Å². The van der Waals surface area contributed by atoms with Gasteiger partial charge in [-0.25, -0.2) is 4.98 Å². The van der Waals surface area contributed by atoms with E-state index < -0.39 is 0 Å². The van der Waals surface area contributed by atoms with Gasteiger partial charge >= 0.3 is 0 Å². The van der Waals surface area contributed by atoms with E-state index in [1.165, 1.54) is 0 Å². The molecule has 0 saturated heterocycles. The minimum absolute atomic E-state index is 0.154. The molecule has 2 rings (SSSR count). The summed E-state index contributed by atoms with van der Waals surface area (Å²) in [7, 11) is 1.89. The third-order valence-electron chi connectivity index (χ3n) is 2.59. The molecule has 4 heteroatoms. The molecule has 2 aromatic rings. The standard InChI is InChI=1S/C13H13ClN2O/c1-16-7-6-15-13(16)9-12(17)8-10-2-4-11(14)5-3-10/h2-7H,8-9H2,1H3. The van der Waals surface area contributed by atoms with Gasteiger partial charge in [-0.2, -0.15) is 0 Å². The van der Waals surface area contributed by atoms with E-state index in [1.807, 2.05) is 29.9 Å². The molecule has 1 aromatic carbocycles. The van der Waals surface area contributed by atoms with Gasteiger partial charge in [0, 0.05) is 30.9 Å². The Morgan fingerprint density at radius 3 is 2.59 bits per heavy atom. The van der Waals surface area contributed by atoms with Gasteiger partial charge in [-0.15, -0.1) is 0 Å². The van der Waals surface area contributed by atoms with Crippen molar-refractivity contribution in [2.75, 3.05) is 0 Å². The number of carbonyl (C=O) groups is 1. The van der Waals surface area contributed by atoms with Crippen LogP contribution in [0.5, 0.6) is 0 Å². The van der Waals surface area contributed by atoms with Crippen molar-refractivity contribution in [3.63, 3.8) is 0 Å². The smallest absolute Gasteiger partial charge is 0.144 e. The molecule has 0 atom stereocenters. The SMILES string of the molecule is Cn1ccnc1CC(=O)Cc1ccc(Cl)cc1. The van der Waals surface area contributed by atoms with E-state index in [9.17, 15) is 4.79 Å². The number of halogens is 1. The average Bonchev–Trinajstić information content (AvgIpc) is 2.68. The number of ketones is 1. The molecule has 0 radical (unpaired) electrons. The van der Waals surface area contributed by atoms with Gasteiger partial charge in [-0.05, 0) is 17.7 Å². The van der Waals surface area contributed by atoms with E-state index in [2.05, 4.69) is 4.98 Å². The molecule has 3 nitrogen and oxygen atoms in total. The van der Waals surface area contributed by atoms with E-state index in [4.69, 9.17) is 11.6 Å². The van der Waals surface area contributed by atoms with Crippen LogP contribution >= 0.6 is 11.6 Å². The van der Waals surface area contributed by atoms with E-state index in [1.54, 1.807) is 18.3 Å². The Morgan fingerprint density at radius 1 is 1.29 bits per heavy atom. The Kier molecular flexibility index (Phi) is 3.59. The molecule has 17 heavy (non-hydrogen) atoms. The highest BCUT2D eigenvalue weighted by molar-refractivity contribution is 6.30. The van der Waals surface area contributed by atoms with E-state index in [-0.39, 0.29) is 5.78 Å². The van der Waals surface area contributed by atoms with E-state index in [0.29, 0.717) is 17.9 Å². The Balaban J connectivity index is 1.98. The molecule has 0 aliphatic carbocycles. The van der Waals surface area contributed by atoms with Gasteiger partial charge in [0.25, 0.3) is 0 Å². The summed E-state index contributed by atoms with van der Waals surface area (Å²) >= 11 is 5.79. The number of hydrogen-bond acceptors (Lipinski definition) is 2. The minimum Gasteiger partial charge on any atom is -0.338 e. The first-order chi connectivity index (χ1) is 8.15. The summed E-state index contributed by atoms with van der Waals surface area (Å²) in [5.74, 6) is 0.950. The number of carbonyl (C=O) groups excluding carboxylic acids is 1. The topological polar surface area (TPSA) is 34.9 Å². The second-order valence-electron chi connectivity index (χ2n) is 3.97. The quantitative estimate of drug-likeness (QED) is 0.833. The van der Waals surface area contributed by atoms with Gasteiger partial charge < -0.3 is 4.57 Å². The van der Waals surface area contributed by atoms with Gasteiger partial charge in [0.1, 0.15) is 11.6 Å². The van der Waals surface area contributed by atoms with Gasteiger partial charge in [0.15, 0.2) is 0 Å². The van der Waals surface area contributed by atoms with Gasteiger partial charge in [-0.1, -0.05) is 23.7 Å². The maximum Gasteiger partial charge on any atom is 0.144 e. The molecular formula is C13H13ClN2O. The van der Waals surface area contributed by atoms with Crippen molar-refractivity contribution >= 4 is 17.4 Å². The summed E-state index contributed by atoms with van der Waals surface area (Å²) in [5.41, 5.74) is 0.980. The number of hydrogen-bond donors (Lipinski definition) is 0. The number of imidazole rings is 1. The van der Waals surface area contributed by atoms with Crippen molar-refractivity contribution in [3.05, 3.63) is 53.1 Å². The number of rotatable bonds is 4. The molecule has 1 aromatic heterocycles. The number of aromatic nitrogens is 2. The summed E-state index contributed by atoms with van der Waals surface area (Å²) in [6.45, 7) is 0. The third-order valence-corrected chi connectivity index (χ3v) is 2.84. The third kappa shape index (κ3) is 3.17. The molecule has 0 aliphatic rings. The molecule has 0 amide bonds. The lowest BCUT2D eigenvalue weighted by Crippen LogP contribution is -2.10. The zero-order valence-electron chi connectivity index (χ0n) is 9.56. The van der Waals surface area contributed by atoms with Crippen molar-refractivity contribution in [1.82, 2.24) is 9.55 Å². The molecule has 0 bridgehead atoms. The lowest BCUT2D eigenvalue weighted by molar-refractivity contribution is -0.117. The fraction of sp³-hybridized carbons (Fsp3) is 0.231. The number of benzene rings is 1. The predicted molar refractivity (Wildman–Crippen MR) is 67.1 cm³/mol. The molecule has 0 unspecified atom stereocenters. The summed E-state index contributed by atoms with van der Waals surface area (Å²) in [6, 6.07) is 7.34. The highest BCUT2D eigenvalue weighted by Crippen LogP contribution is 2.10. The summed E-state index contributed by atoms with van der Waals surface area (Å²) in [6.07, 6.45) is 4.33. The fourth-order valence-electron chi connectivity index (χ4n) is 1.64. The first-order valence-electron chi connectivity index (χ1n) is 5.37. The van der Waals surface area contributed by atoms with Crippen LogP contribution in [0.4, 0.5) is 0 Å². The Hall–Kier alpha value is -1.61. The van der Waals surface area contributed by atoms with Gasteiger partial charge in [0.2, 0.25) is 0 Å². The maximum atomic E-state index is 11.8. The number of Topliss-reactive ketones (excluding diaryl/α,β-unsaturated/α-hetero) is 1. The fourth-order valence-corrected chi connectivity index (χ4v) is 1.76. The average molecular weight is 249 g/mol. The minimum atomic E-state index is 0.154. The zero-order valence-corrected chi connectivity index (χ0v) is 10.3. The predicted octanol–water partition coefficient (Wildman–Crippen LogP) is 2.43. The number of aryl methyl sites for hydroxylation is 1. The summed E-state index contributed by atoms with van der Waals surface area (Å²) in [4.78, 5) is 16.0. The van der Waals surface area contributed by atoms with Crippen LogP contribution in [0.2, 0.25) is 5.02 Å². The first kappa shape index (κ1) is 11.9. The van der Waals surface area contributed by atoms with E-state index in [0.717, 1.165) is 11.4 Å². The molecule has 0 spiro atoms. The van der Waals surface area contributed by atoms with Crippen LogP contribution in [0.15, 0.2) is 36.7 Å². The van der Waals surface area contributed by atoms with Crippen LogP contribution in [-0.2, 0) is 24.7 Å². The van der Waals surface area contributed by atoms with Crippen molar-refractivity contribution < 1.29 is 4.79 Å². The lowest BCUT2D eigenvalue weighted by Gasteiger charge is -2.02. The zero-order chi connectivity index (χ0) is 12.3. The summed E-state index contributed by atoms with van der Waals surface area (Å²) < 4.78 is 1.86. The Bertz CT molecular complexity index is 516. The monoisotopic (exact) mass is 248 g/mol. The normalized spacial score (nSPS) is 10.5. The van der Waals surface area contributed by atoms with Crippen molar-refractivity contribution in [2.24, 2.45) is 7.05 Å². The van der Waals surface area contributed by atoms with Crippen LogP contribution in [0.3, 0.4) is 0 Å². The molecule has 0 N–H and O–H groups in total.